The topological polar surface area (TPSA) is 75.6 Å². The van der Waals surface area contributed by atoms with Gasteiger partial charge in [0.05, 0.1) is 17.4 Å². The lowest BCUT2D eigenvalue weighted by atomic mass is 9.92. The van der Waals surface area contributed by atoms with Crippen LogP contribution in [-0.2, 0) is 14.3 Å². The van der Waals surface area contributed by atoms with Crippen molar-refractivity contribution in [2.45, 2.75) is 32.6 Å². The van der Waals surface area contributed by atoms with Gasteiger partial charge in [0.2, 0.25) is 5.91 Å². The summed E-state index contributed by atoms with van der Waals surface area (Å²) in [5.41, 5.74) is 0.889. The molecule has 1 atom stereocenters. The summed E-state index contributed by atoms with van der Waals surface area (Å²) in [6.07, 6.45) is 3.27. The maximum Gasteiger partial charge on any atom is 0.310 e. The summed E-state index contributed by atoms with van der Waals surface area (Å²) in [5, 5.41) is 10.8. The first-order valence-corrected chi connectivity index (χ1v) is 11.6. The summed E-state index contributed by atoms with van der Waals surface area (Å²) >= 11 is 1.65. The molecule has 2 aliphatic heterocycles. The zero-order valence-corrected chi connectivity index (χ0v) is 18.1. The van der Waals surface area contributed by atoms with Crippen LogP contribution in [0.25, 0.3) is 10.6 Å². The average molecular weight is 429 g/mol. The monoisotopic (exact) mass is 428 g/mol. The molecule has 7 nitrogen and oxygen atoms in total. The van der Waals surface area contributed by atoms with Crippen molar-refractivity contribution in [1.29, 1.82) is 0 Å². The van der Waals surface area contributed by atoms with Crippen molar-refractivity contribution >= 4 is 29.0 Å². The average Bonchev–Trinajstić information content (AvgIpc) is 3.34. The highest BCUT2D eigenvalue weighted by molar-refractivity contribution is 7.13. The third kappa shape index (κ3) is 4.64. The first-order valence-electron chi connectivity index (χ1n) is 10.7. The normalized spacial score (nSPS) is 20.2. The van der Waals surface area contributed by atoms with Crippen LogP contribution in [0, 0.1) is 11.8 Å². The molecule has 2 fully saturated rings. The molecule has 2 aromatic heterocycles. The number of ether oxygens (including phenoxy) is 1. The van der Waals surface area contributed by atoms with Crippen LogP contribution in [0.5, 0.6) is 0 Å². The molecule has 0 N–H and O–H groups in total. The van der Waals surface area contributed by atoms with E-state index >= 15 is 0 Å². The maximum atomic E-state index is 13.0. The van der Waals surface area contributed by atoms with Gasteiger partial charge < -0.3 is 14.5 Å². The highest BCUT2D eigenvalue weighted by atomic mass is 32.1. The van der Waals surface area contributed by atoms with Crippen LogP contribution < -0.4 is 4.90 Å². The first kappa shape index (κ1) is 20.8. The second-order valence-electron chi connectivity index (χ2n) is 7.89. The van der Waals surface area contributed by atoms with Gasteiger partial charge in [-0.2, -0.15) is 0 Å². The molecular weight excluding hydrogens is 400 g/mol. The minimum absolute atomic E-state index is 0.0144. The third-order valence-electron chi connectivity index (χ3n) is 5.95. The van der Waals surface area contributed by atoms with E-state index < -0.39 is 0 Å². The quantitative estimate of drug-likeness (QED) is 0.681. The summed E-state index contributed by atoms with van der Waals surface area (Å²) < 4.78 is 5.15. The summed E-state index contributed by atoms with van der Waals surface area (Å²) in [6.45, 7) is 5.02. The van der Waals surface area contributed by atoms with Crippen LogP contribution in [0.3, 0.4) is 0 Å². The molecular formula is C22H28N4O3S. The lowest BCUT2D eigenvalue weighted by Crippen LogP contribution is -2.47. The van der Waals surface area contributed by atoms with E-state index in [0.717, 1.165) is 61.7 Å². The zero-order chi connectivity index (χ0) is 20.9. The van der Waals surface area contributed by atoms with Crippen molar-refractivity contribution in [1.82, 2.24) is 15.1 Å². The van der Waals surface area contributed by atoms with E-state index in [0.29, 0.717) is 13.2 Å². The molecule has 0 aliphatic carbocycles. The van der Waals surface area contributed by atoms with Gasteiger partial charge in [-0.15, -0.1) is 21.5 Å². The SMILES string of the molecule is CCOC(=O)[C@@H]1CCCN(C(=O)C2CCN(c3ccc(-c4cccs4)nn3)CC2)C1. The number of nitrogens with zero attached hydrogens (tertiary/aromatic N) is 4. The van der Waals surface area contributed by atoms with Crippen molar-refractivity contribution in [3.8, 4) is 10.6 Å². The predicted octanol–water partition coefficient (Wildman–Crippen LogP) is 3.22. The highest BCUT2D eigenvalue weighted by Gasteiger charge is 2.34. The molecule has 0 unspecified atom stereocenters. The fourth-order valence-corrected chi connectivity index (χ4v) is 4.98. The van der Waals surface area contributed by atoms with E-state index in [1.807, 2.05) is 41.5 Å². The largest absolute Gasteiger partial charge is 0.466 e. The van der Waals surface area contributed by atoms with Crippen molar-refractivity contribution in [2.24, 2.45) is 11.8 Å². The Morgan fingerprint density at radius 1 is 1.10 bits per heavy atom. The number of aromatic nitrogens is 2. The smallest absolute Gasteiger partial charge is 0.310 e. The number of hydrogen-bond donors (Lipinski definition) is 0. The van der Waals surface area contributed by atoms with E-state index in [-0.39, 0.29) is 23.7 Å². The van der Waals surface area contributed by atoms with Crippen LogP contribution in [0.15, 0.2) is 29.6 Å². The third-order valence-corrected chi connectivity index (χ3v) is 6.84. The number of hydrogen-bond acceptors (Lipinski definition) is 7. The lowest BCUT2D eigenvalue weighted by molar-refractivity contribution is -0.152. The van der Waals surface area contributed by atoms with Gasteiger partial charge in [0.1, 0.15) is 5.69 Å². The number of piperidine rings is 2. The fraction of sp³-hybridized carbons (Fsp3) is 0.545. The Hall–Kier alpha value is -2.48. The Balaban J connectivity index is 1.30. The van der Waals surface area contributed by atoms with Crippen molar-refractivity contribution in [3.05, 3.63) is 29.6 Å². The molecule has 0 saturated carbocycles. The van der Waals surface area contributed by atoms with Crippen molar-refractivity contribution < 1.29 is 14.3 Å². The lowest BCUT2D eigenvalue weighted by Gasteiger charge is -2.37. The Labute approximate surface area is 181 Å². The fourth-order valence-electron chi connectivity index (χ4n) is 4.29. The van der Waals surface area contributed by atoms with Crippen LogP contribution >= 0.6 is 11.3 Å². The number of carbonyl (C=O) groups is 2. The highest BCUT2D eigenvalue weighted by Crippen LogP contribution is 2.27. The second-order valence-corrected chi connectivity index (χ2v) is 8.84. The molecule has 2 saturated heterocycles. The molecule has 8 heteroatoms. The van der Waals surface area contributed by atoms with E-state index in [1.54, 1.807) is 11.3 Å². The Morgan fingerprint density at radius 3 is 2.60 bits per heavy atom. The van der Waals surface area contributed by atoms with Crippen LogP contribution in [0.4, 0.5) is 5.82 Å². The van der Waals surface area contributed by atoms with Gasteiger partial charge in [-0.25, -0.2) is 0 Å². The van der Waals surface area contributed by atoms with Gasteiger partial charge in [0, 0.05) is 32.1 Å². The van der Waals surface area contributed by atoms with Gasteiger partial charge in [0.15, 0.2) is 5.82 Å². The molecule has 4 heterocycles. The molecule has 4 rings (SSSR count). The summed E-state index contributed by atoms with van der Waals surface area (Å²) in [7, 11) is 0. The minimum Gasteiger partial charge on any atom is -0.466 e. The standard InChI is InChI=1S/C22H28N4O3S/c1-2-29-22(28)17-5-3-11-26(15-17)21(27)16-9-12-25(13-10-16)20-8-7-18(23-24-20)19-6-4-14-30-19/h4,6-8,14,16-17H,2-3,5,9-13,15H2,1H3/t17-/m1/s1. The van der Waals surface area contributed by atoms with Gasteiger partial charge in [-0.05, 0) is 56.2 Å². The van der Waals surface area contributed by atoms with Crippen LogP contribution in [0.2, 0.25) is 0 Å². The van der Waals surface area contributed by atoms with Gasteiger partial charge in [0.25, 0.3) is 0 Å². The number of likely N-dealkylation sites (tertiary alicyclic amines) is 1. The Morgan fingerprint density at radius 2 is 1.93 bits per heavy atom. The minimum atomic E-state index is -0.181. The van der Waals surface area contributed by atoms with E-state index in [1.165, 1.54) is 0 Å². The molecule has 0 aromatic carbocycles. The summed E-state index contributed by atoms with van der Waals surface area (Å²) in [5.74, 6) is 0.708. The van der Waals surface area contributed by atoms with E-state index in [2.05, 4.69) is 15.1 Å². The van der Waals surface area contributed by atoms with Gasteiger partial charge in [-0.1, -0.05) is 6.07 Å². The predicted molar refractivity (Wildman–Crippen MR) is 116 cm³/mol. The number of thiophene rings is 1. The molecule has 160 valence electrons. The molecule has 2 aliphatic rings. The molecule has 1 amide bonds. The molecule has 30 heavy (non-hydrogen) atoms. The van der Waals surface area contributed by atoms with Gasteiger partial charge >= 0.3 is 5.97 Å². The number of esters is 1. The Bertz CT molecular complexity index is 848. The summed E-state index contributed by atoms with van der Waals surface area (Å²) in [4.78, 5) is 30.3. The van der Waals surface area contributed by atoms with E-state index in [9.17, 15) is 9.59 Å². The molecule has 0 bridgehead atoms. The number of carbonyl (C=O) groups excluding carboxylic acids is 2. The second kappa shape index (κ2) is 9.55. The van der Waals surface area contributed by atoms with Crippen molar-refractivity contribution in [3.63, 3.8) is 0 Å². The Kier molecular flexibility index (Phi) is 6.62. The zero-order valence-electron chi connectivity index (χ0n) is 17.3. The van der Waals surface area contributed by atoms with Crippen LogP contribution in [0.1, 0.15) is 32.6 Å². The molecule has 0 spiro atoms. The maximum absolute atomic E-state index is 13.0. The van der Waals surface area contributed by atoms with Crippen LogP contribution in [-0.4, -0.2) is 59.8 Å². The molecule has 0 radical (unpaired) electrons. The van der Waals surface area contributed by atoms with E-state index in [4.69, 9.17) is 4.74 Å². The number of anilines is 1. The first-order chi connectivity index (χ1) is 14.7. The molecule has 2 aromatic rings. The number of rotatable bonds is 5. The van der Waals surface area contributed by atoms with Crippen molar-refractivity contribution in [2.75, 3.05) is 37.7 Å². The number of amides is 1. The van der Waals surface area contributed by atoms with Gasteiger partial charge in [-0.3, -0.25) is 9.59 Å². The summed E-state index contributed by atoms with van der Waals surface area (Å²) in [6, 6.07) is 8.07.